The molecule has 0 aliphatic heterocycles. The molecule has 6 nitrogen and oxygen atoms in total. The van der Waals surface area contributed by atoms with Gasteiger partial charge in [-0.05, 0) is 31.0 Å². The highest BCUT2D eigenvalue weighted by atomic mass is 16.5. The van der Waals surface area contributed by atoms with Crippen molar-refractivity contribution in [3.63, 3.8) is 0 Å². The SMILES string of the molecule is COc1ccc(C(=O)N(C)C)cc1NC(=O)N[C@H](C)C(C)C. The quantitative estimate of drug-likeness (QED) is 0.878. The third-order valence-corrected chi connectivity index (χ3v) is 3.46. The zero-order valence-corrected chi connectivity index (χ0v) is 14.1. The Morgan fingerprint density at radius 2 is 1.82 bits per heavy atom. The number of carbonyl (C=O) groups excluding carboxylic acids is 2. The molecule has 1 aromatic carbocycles. The van der Waals surface area contributed by atoms with E-state index in [1.54, 1.807) is 32.3 Å². The number of anilines is 1. The van der Waals surface area contributed by atoms with E-state index in [1.807, 2.05) is 20.8 Å². The molecule has 1 rings (SSSR count). The Morgan fingerprint density at radius 1 is 1.18 bits per heavy atom. The van der Waals surface area contributed by atoms with Crippen LogP contribution in [0.5, 0.6) is 5.75 Å². The van der Waals surface area contributed by atoms with Crippen LogP contribution in [0.1, 0.15) is 31.1 Å². The normalized spacial score (nSPS) is 11.8. The Morgan fingerprint density at radius 3 is 2.32 bits per heavy atom. The van der Waals surface area contributed by atoms with Crippen LogP contribution >= 0.6 is 0 Å². The van der Waals surface area contributed by atoms with Crippen molar-refractivity contribution >= 4 is 17.6 Å². The molecule has 0 aliphatic rings. The molecule has 0 aromatic heterocycles. The minimum Gasteiger partial charge on any atom is -0.495 e. The van der Waals surface area contributed by atoms with Gasteiger partial charge in [0.05, 0.1) is 12.8 Å². The lowest BCUT2D eigenvalue weighted by molar-refractivity contribution is 0.0827. The van der Waals surface area contributed by atoms with Gasteiger partial charge in [0.1, 0.15) is 5.75 Å². The maximum atomic E-state index is 12.0. The third-order valence-electron chi connectivity index (χ3n) is 3.46. The van der Waals surface area contributed by atoms with Gasteiger partial charge in [0.15, 0.2) is 0 Å². The lowest BCUT2D eigenvalue weighted by Crippen LogP contribution is -2.39. The number of hydrogen-bond acceptors (Lipinski definition) is 3. The molecule has 0 spiro atoms. The number of benzene rings is 1. The average molecular weight is 307 g/mol. The predicted octanol–water partition coefficient (Wildman–Crippen LogP) is 2.56. The molecule has 0 fully saturated rings. The van der Waals surface area contributed by atoms with Gasteiger partial charge in [-0.25, -0.2) is 4.79 Å². The number of carbonyl (C=O) groups is 2. The summed E-state index contributed by atoms with van der Waals surface area (Å²) in [6.45, 7) is 6.00. The highest BCUT2D eigenvalue weighted by molar-refractivity contribution is 5.97. The Kier molecular flexibility index (Phi) is 6.22. The summed E-state index contributed by atoms with van der Waals surface area (Å²) in [5.41, 5.74) is 0.946. The first kappa shape index (κ1) is 17.8. The summed E-state index contributed by atoms with van der Waals surface area (Å²) < 4.78 is 5.23. The van der Waals surface area contributed by atoms with Crippen LogP contribution in [-0.2, 0) is 0 Å². The molecule has 0 saturated carbocycles. The number of nitrogens with one attached hydrogen (secondary N) is 2. The monoisotopic (exact) mass is 307 g/mol. The lowest BCUT2D eigenvalue weighted by atomic mass is 10.1. The van der Waals surface area contributed by atoms with Crippen molar-refractivity contribution in [2.75, 3.05) is 26.5 Å². The molecule has 2 N–H and O–H groups in total. The van der Waals surface area contributed by atoms with E-state index in [0.29, 0.717) is 22.9 Å². The number of methoxy groups -OCH3 is 1. The summed E-state index contributed by atoms with van der Waals surface area (Å²) in [4.78, 5) is 25.5. The summed E-state index contributed by atoms with van der Waals surface area (Å²) in [5, 5.41) is 5.59. The van der Waals surface area contributed by atoms with Gasteiger partial charge in [0.25, 0.3) is 5.91 Å². The maximum Gasteiger partial charge on any atom is 0.319 e. The van der Waals surface area contributed by atoms with Crippen LogP contribution in [0.15, 0.2) is 18.2 Å². The van der Waals surface area contributed by atoms with Gasteiger partial charge < -0.3 is 20.3 Å². The summed E-state index contributed by atoms with van der Waals surface area (Å²) >= 11 is 0. The van der Waals surface area contributed by atoms with Crippen molar-refractivity contribution in [2.24, 2.45) is 5.92 Å². The van der Waals surface area contributed by atoms with E-state index in [1.165, 1.54) is 12.0 Å². The number of nitrogens with zero attached hydrogens (tertiary/aromatic N) is 1. The van der Waals surface area contributed by atoms with Gasteiger partial charge in [-0.1, -0.05) is 13.8 Å². The largest absolute Gasteiger partial charge is 0.495 e. The van der Waals surface area contributed by atoms with E-state index in [0.717, 1.165) is 0 Å². The van der Waals surface area contributed by atoms with Crippen LogP contribution in [0.3, 0.4) is 0 Å². The fourth-order valence-electron chi connectivity index (χ4n) is 1.73. The zero-order valence-electron chi connectivity index (χ0n) is 14.1. The highest BCUT2D eigenvalue weighted by Gasteiger charge is 2.15. The number of amides is 3. The van der Waals surface area contributed by atoms with Crippen LogP contribution in [-0.4, -0.2) is 44.1 Å². The summed E-state index contributed by atoms with van der Waals surface area (Å²) in [5.74, 6) is 0.693. The molecular weight excluding hydrogens is 282 g/mol. The Bertz CT molecular complexity index is 541. The third kappa shape index (κ3) is 4.65. The zero-order chi connectivity index (χ0) is 16.9. The fraction of sp³-hybridized carbons (Fsp3) is 0.500. The lowest BCUT2D eigenvalue weighted by Gasteiger charge is -2.19. The fourth-order valence-corrected chi connectivity index (χ4v) is 1.73. The van der Waals surface area contributed by atoms with E-state index >= 15 is 0 Å². The van der Waals surface area contributed by atoms with Crippen LogP contribution in [0.4, 0.5) is 10.5 Å². The minimum atomic E-state index is -0.325. The minimum absolute atomic E-state index is 0.0394. The van der Waals surface area contributed by atoms with Crippen LogP contribution in [0.25, 0.3) is 0 Å². The van der Waals surface area contributed by atoms with Gasteiger partial charge in [0.2, 0.25) is 0 Å². The molecule has 22 heavy (non-hydrogen) atoms. The standard InChI is InChI=1S/C16H25N3O3/c1-10(2)11(3)17-16(21)18-13-9-12(15(20)19(4)5)7-8-14(13)22-6/h7-11H,1-6H3,(H2,17,18,21)/t11-/m1/s1. The molecule has 122 valence electrons. The van der Waals surface area contributed by atoms with Crippen molar-refractivity contribution in [3.05, 3.63) is 23.8 Å². The summed E-state index contributed by atoms with van der Waals surface area (Å²) in [6, 6.07) is 4.66. The molecular formula is C16H25N3O3. The van der Waals surface area contributed by atoms with Gasteiger partial charge in [-0.15, -0.1) is 0 Å². The first-order valence-corrected chi connectivity index (χ1v) is 7.23. The Labute approximate surface area is 131 Å². The van der Waals surface area contributed by atoms with Crippen molar-refractivity contribution in [1.29, 1.82) is 0 Å². The van der Waals surface area contributed by atoms with E-state index < -0.39 is 0 Å². The van der Waals surface area contributed by atoms with Gasteiger partial charge in [-0.2, -0.15) is 0 Å². The van der Waals surface area contributed by atoms with Gasteiger partial charge in [-0.3, -0.25) is 4.79 Å². The van der Waals surface area contributed by atoms with Crippen molar-refractivity contribution < 1.29 is 14.3 Å². The van der Waals surface area contributed by atoms with Crippen molar-refractivity contribution in [2.45, 2.75) is 26.8 Å². The maximum absolute atomic E-state index is 12.0. The predicted molar refractivity (Wildman–Crippen MR) is 87.5 cm³/mol. The Hall–Kier alpha value is -2.24. The van der Waals surface area contributed by atoms with Crippen molar-refractivity contribution in [3.8, 4) is 5.75 Å². The summed E-state index contributed by atoms with van der Waals surface area (Å²) in [6.07, 6.45) is 0. The molecule has 0 unspecified atom stereocenters. The number of hydrogen-bond donors (Lipinski definition) is 2. The smallest absolute Gasteiger partial charge is 0.319 e. The van der Waals surface area contributed by atoms with E-state index in [2.05, 4.69) is 10.6 Å². The van der Waals surface area contributed by atoms with Crippen LogP contribution in [0, 0.1) is 5.92 Å². The van der Waals surface area contributed by atoms with E-state index in [9.17, 15) is 9.59 Å². The van der Waals surface area contributed by atoms with Gasteiger partial charge >= 0.3 is 6.03 Å². The molecule has 3 amide bonds. The second-order valence-corrected chi connectivity index (χ2v) is 5.75. The molecule has 0 radical (unpaired) electrons. The van der Waals surface area contributed by atoms with Gasteiger partial charge in [0, 0.05) is 25.7 Å². The Balaban J connectivity index is 2.94. The first-order chi connectivity index (χ1) is 10.3. The van der Waals surface area contributed by atoms with E-state index in [-0.39, 0.29) is 18.0 Å². The van der Waals surface area contributed by atoms with Crippen molar-refractivity contribution in [1.82, 2.24) is 10.2 Å². The second-order valence-electron chi connectivity index (χ2n) is 5.75. The molecule has 0 bridgehead atoms. The van der Waals surface area contributed by atoms with Crippen LogP contribution in [0.2, 0.25) is 0 Å². The molecule has 1 atom stereocenters. The van der Waals surface area contributed by atoms with Crippen LogP contribution < -0.4 is 15.4 Å². The molecule has 6 heteroatoms. The number of ether oxygens (including phenoxy) is 1. The topological polar surface area (TPSA) is 70.7 Å². The number of urea groups is 1. The van der Waals surface area contributed by atoms with E-state index in [4.69, 9.17) is 4.74 Å². The summed E-state index contributed by atoms with van der Waals surface area (Å²) in [7, 11) is 4.87. The molecule has 1 aromatic rings. The second kappa shape index (κ2) is 7.68. The number of rotatable bonds is 5. The molecule has 0 aliphatic carbocycles. The average Bonchev–Trinajstić information content (AvgIpc) is 2.45. The highest BCUT2D eigenvalue weighted by Crippen LogP contribution is 2.26. The molecule has 0 heterocycles. The molecule has 0 saturated heterocycles. The first-order valence-electron chi connectivity index (χ1n) is 7.23.